The SMILES string of the molecule is Cc1cc(=O)[nH]c(SCC(=O)Nc2ccc(F)cc2)n1. The molecule has 0 atom stereocenters. The normalized spacial score (nSPS) is 10.3. The molecule has 104 valence electrons. The van der Waals surface area contributed by atoms with E-state index >= 15 is 0 Å². The van der Waals surface area contributed by atoms with Crippen molar-refractivity contribution in [2.45, 2.75) is 12.1 Å². The van der Waals surface area contributed by atoms with Crippen LogP contribution in [0.4, 0.5) is 10.1 Å². The van der Waals surface area contributed by atoms with Gasteiger partial charge in [-0.05, 0) is 31.2 Å². The number of carbonyl (C=O) groups excluding carboxylic acids is 1. The zero-order valence-electron chi connectivity index (χ0n) is 10.6. The average Bonchev–Trinajstić information content (AvgIpc) is 2.38. The zero-order valence-corrected chi connectivity index (χ0v) is 11.5. The number of carbonyl (C=O) groups is 1. The number of anilines is 1. The van der Waals surface area contributed by atoms with Crippen molar-refractivity contribution in [3.8, 4) is 0 Å². The Balaban J connectivity index is 1.92. The van der Waals surface area contributed by atoms with Crippen LogP contribution in [-0.2, 0) is 4.79 Å². The van der Waals surface area contributed by atoms with Gasteiger partial charge in [-0.3, -0.25) is 9.59 Å². The molecule has 2 aromatic rings. The molecule has 1 heterocycles. The maximum atomic E-state index is 12.7. The minimum absolute atomic E-state index is 0.101. The quantitative estimate of drug-likeness (QED) is 0.667. The summed E-state index contributed by atoms with van der Waals surface area (Å²) in [5.74, 6) is -0.520. The molecule has 0 aliphatic heterocycles. The Morgan fingerprint density at radius 3 is 2.75 bits per heavy atom. The van der Waals surface area contributed by atoms with Crippen LogP contribution in [0.5, 0.6) is 0 Å². The summed E-state index contributed by atoms with van der Waals surface area (Å²) in [6.45, 7) is 1.71. The molecule has 0 aliphatic rings. The van der Waals surface area contributed by atoms with Gasteiger partial charge in [0.05, 0.1) is 5.75 Å². The monoisotopic (exact) mass is 293 g/mol. The van der Waals surface area contributed by atoms with Gasteiger partial charge in [0.25, 0.3) is 5.56 Å². The van der Waals surface area contributed by atoms with E-state index in [9.17, 15) is 14.0 Å². The first-order chi connectivity index (χ1) is 9.52. The fourth-order valence-corrected chi connectivity index (χ4v) is 2.21. The van der Waals surface area contributed by atoms with Crippen LogP contribution in [0.15, 0.2) is 40.3 Å². The molecule has 2 N–H and O–H groups in total. The molecule has 5 nitrogen and oxygen atoms in total. The van der Waals surface area contributed by atoms with E-state index < -0.39 is 0 Å². The number of hydrogen-bond acceptors (Lipinski definition) is 4. The van der Waals surface area contributed by atoms with Crippen molar-refractivity contribution in [2.24, 2.45) is 0 Å². The third-order valence-corrected chi connectivity index (χ3v) is 3.19. The summed E-state index contributed by atoms with van der Waals surface area (Å²) in [6, 6.07) is 6.86. The number of aromatic nitrogens is 2. The second-order valence-electron chi connectivity index (χ2n) is 4.04. The Morgan fingerprint density at radius 2 is 2.10 bits per heavy atom. The number of benzene rings is 1. The van der Waals surface area contributed by atoms with E-state index in [-0.39, 0.29) is 23.0 Å². The first-order valence-electron chi connectivity index (χ1n) is 5.79. The lowest BCUT2D eigenvalue weighted by Gasteiger charge is -2.05. The van der Waals surface area contributed by atoms with Crippen LogP contribution in [0.3, 0.4) is 0 Å². The Labute approximate surface area is 118 Å². The second-order valence-corrected chi connectivity index (χ2v) is 5.00. The number of nitrogens with zero attached hydrogens (tertiary/aromatic N) is 1. The molecule has 20 heavy (non-hydrogen) atoms. The molecule has 0 unspecified atom stereocenters. The van der Waals surface area contributed by atoms with Crippen LogP contribution in [0.25, 0.3) is 0 Å². The molecular weight excluding hydrogens is 281 g/mol. The summed E-state index contributed by atoms with van der Waals surface area (Å²) in [5, 5.41) is 3.02. The molecule has 1 aromatic heterocycles. The molecule has 0 saturated heterocycles. The molecule has 0 spiro atoms. The van der Waals surface area contributed by atoms with Crippen molar-refractivity contribution in [1.82, 2.24) is 9.97 Å². The molecule has 0 aliphatic carbocycles. The number of aryl methyl sites for hydroxylation is 1. The van der Waals surface area contributed by atoms with Crippen LogP contribution in [0.1, 0.15) is 5.69 Å². The minimum atomic E-state index is -0.362. The van der Waals surface area contributed by atoms with Gasteiger partial charge in [-0.2, -0.15) is 0 Å². The van der Waals surface area contributed by atoms with Gasteiger partial charge in [-0.15, -0.1) is 0 Å². The Hall–Kier alpha value is -2.15. The number of nitrogens with one attached hydrogen (secondary N) is 2. The lowest BCUT2D eigenvalue weighted by Crippen LogP contribution is -2.15. The third-order valence-electron chi connectivity index (χ3n) is 2.32. The highest BCUT2D eigenvalue weighted by atomic mass is 32.2. The van der Waals surface area contributed by atoms with Crippen molar-refractivity contribution >= 4 is 23.4 Å². The smallest absolute Gasteiger partial charge is 0.251 e. The van der Waals surface area contributed by atoms with E-state index in [1.54, 1.807) is 6.92 Å². The number of halogens is 1. The fourth-order valence-electron chi connectivity index (χ4n) is 1.48. The van der Waals surface area contributed by atoms with Crippen LogP contribution < -0.4 is 10.9 Å². The maximum absolute atomic E-state index is 12.7. The summed E-state index contributed by atoms with van der Waals surface area (Å²) in [6.07, 6.45) is 0. The predicted molar refractivity (Wildman–Crippen MR) is 75.3 cm³/mol. The van der Waals surface area contributed by atoms with Crippen LogP contribution in [-0.4, -0.2) is 21.6 Å². The van der Waals surface area contributed by atoms with Gasteiger partial charge in [0.1, 0.15) is 5.82 Å². The Kier molecular flexibility index (Phi) is 4.52. The predicted octanol–water partition coefficient (Wildman–Crippen LogP) is 1.95. The number of amides is 1. The molecular formula is C13H12FN3O2S. The van der Waals surface area contributed by atoms with Gasteiger partial charge >= 0.3 is 0 Å². The molecule has 1 aromatic carbocycles. The maximum Gasteiger partial charge on any atom is 0.251 e. The topological polar surface area (TPSA) is 74.8 Å². The first kappa shape index (κ1) is 14.3. The average molecular weight is 293 g/mol. The van der Waals surface area contributed by atoms with Crippen molar-refractivity contribution < 1.29 is 9.18 Å². The van der Waals surface area contributed by atoms with Gasteiger partial charge in [-0.1, -0.05) is 11.8 Å². The highest BCUT2D eigenvalue weighted by molar-refractivity contribution is 7.99. The lowest BCUT2D eigenvalue weighted by atomic mass is 10.3. The van der Waals surface area contributed by atoms with Crippen LogP contribution in [0, 0.1) is 12.7 Å². The Morgan fingerprint density at radius 1 is 1.40 bits per heavy atom. The number of aromatic amines is 1. The number of H-pyrrole nitrogens is 1. The van der Waals surface area contributed by atoms with Crippen molar-refractivity contribution in [3.05, 3.63) is 52.2 Å². The fraction of sp³-hybridized carbons (Fsp3) is 0.154. The number of hydrogen-bond donors (Lipinski definition) is 2. The van der Waals surface area contributed by atoms with Crippen LogP contribution in [0.2, 0.25) is 0 Å². The van der Waals surface area contributed by atoms with Crippen molar-refractivity contribution in [2.75, 3.05) is 11.1 Å². The first-order valence-corrected chi connectivity index (χ1v) is 6.78. The van der Waals surface area contributed by atoms with E-state index in [2.05, 4.69) is 15.3 Å². The molecule has 7 heteroatoms. The summed E-state index contributed by atoms with van der Waals surface area (Å²) in [5.41, 5.74) is 0.858. The van der Waals surface area contributed by atoms with Gasteiger partial charge in [0, 0.05) is 17.4 Å². The molecule has 0 bridgehead atoms. The highest BCUT2D eigenvalue weighted by Crippen LogP contribution is 2.13. The van der Waals surface area contributed by atoms with Gasteiger partial charge in [0.15, 0.2) is 5.16 Å². The molecule has 0 fully saturated rings. The largest absolute Gasteiger partial charge is 0.325 e. The highest BCUT2D eigenvalue weighted by Gasteiger charge is 2.06. The van der Waals surface area contributed by atoms with E-state index in [0.717, 1.165) is 11.8 Å². The summed E-state index contributed by atoms with van der Waals surface area (Å²) in [7, 11) is 0. The van der Waals surface area contributed by atoms with E-state index in [1.165, 1.54) is 30.3 Å². The number of rotatable bonds is 4. The third kappa shape index (κ3) is 4.20. The van der Waals surface area contributed by atoms with Crippen molar-refractivity contribution in [1.29, 1.82) is 0 Å². The van der Waals surface area contributed by atoms with Gasteiger partial charge in [-0.25, -0.2) is 9.37 Å². The molecule has 0 radical (unpaired) electrons. The minimum Gasteiger partial charge on any atom is -0.325 e. The van der Waals surface area contributed by atoms with Crippen molar-refractivity contribution in [3.63, 3.8) is 0 Å². The summed E-state index contributed by atoms with van der Waals surface area (Å²) >= 11 is 1.13. The van der Waals surface area contributed by atoms with Gasteiger partial charge < -0.3 is 10.3 Å². The summed E-state index contributed by atoms with van der Waals surface area (Å²) < 4.78 is 12.7. The molecule has 0 saturated carbocycles. The van der Waals surface area contributed by atoms with Crippen LogP contribution >= 0.6 is 11.8 Å². The molecule has 2 rings (SSSR count). The summed E-state index contributed by atoms with van der Waals surface area (Å²) in [4.78, 5) is 29.6. The Bertz CT molecular complexity index is 670. The van der Waals surface area contributed by atoms with E-state index in [4.69, 9.17) is 0 Å². The van der Waals surface area contributed by atoms with E-state index in [0.29, 0.717) is 16.5 Å². The standard InChI is InChI=1S/C13H12FN3O2S/c1-8-6-11(18)17-13(15-8)20-7-12(19)16-10-4-2-9(14)3-5-10/h2-6H,7H2,1H3,(H,16,19)(H,15,17,18). The number of thioether (sulfide) groups is 1. The molecule has 1 amide bonds. The lowest BCUT2D eigenvalue weighted by molar-refractivity contribution is -0.113. The second kappa shape index (κ2) is 6.33. The zero-order chi connectivity index (χ0) is 14.5. The van der Waals surface area contributed by atoms with E-state index in [1.807, 2.05) is 0 Å². The van der Waals surface area contributed by atoms with Gasteiger partial charge in [0.2, 0.25) is 5.91 Å².